The normalized spacial score (nSPS) is 10.3. The maximum absolute atomic E-state index is 4.19. The second kappa shape index (κ2) is 2.97. The van der Waals surface area contributed by atoms with Gasteiger partial charge in [0.15, 0.2) is 0 Å². The van der Waals surface area contributed by atoms with Crippen LogP contribution < -0.4 is 0 Å². The highest BCUT2D eigenvalue weighted by Crippen LogP contribution is 2.13. The lowest BCUT2D eigenvalue weighted by Crippen LogP contribution is -1.91. The van der Waals surface area contributed by atoms with E-state index in [0.717, 1.165) is 17.0 Å². The summed E-state index contributed by atoms with van der Waals surface area (Å²) in [5.41, 5.74) is 2.86. The number of aryl methyl sites for hydroxylation is 2. The molecule has 0 fully saturated rings. The van der Waals surface area contributed by atoms with Crippen molar-refractivity contribution < 1.29 is 0 Å². The third kappa shape index (κ3) is 1.56. The molecule has 0 aliphatic carbocycles. The highest BCUT2D eigenvalue weighted by molar-refractivity contribution is 5.55. The number of hydrogen-bond acceptors (Lipinski definition) is 3. The number of hydrogen-bond donors (Lipinski definition) is 0. The Bertz CT molecular complexity index is 402. The lowest BCUT2D eigenvalue weighted by atomic mass is 10.2. The van der Waals surface area contributed by atoms with Crippen LogP contribution in [0.2, 0.25) is 0 Å². The molecule has 2 aromatic rings. The zero-order valence-corrected chi connectivity index (χ0v) is 7.60. The molecule has 0 aliphatic rings. The van der Waals surface area contributed by atoms with Crippen LogP contribution in [0.3, 0.4) is 0 Å². The van der Waals surface area contributed by atoms with Crippen molar-refractivity contribution in [1.29, 1.82) is 0 Å². The van der Waals surface area contributed by atoms with Crippen LogP contribution in [0.1, 0.15) is 5.69 Å². The number of aromatic nitrogens is 4. The lowest BCUT2D eigenvalue weighted by molar-refractivity contribution is 0.655. The zero-order chi connectivity index (χ0) is 9.26. The number of pyridine rings is 1. The van der Waals surface area contributed by atoms with Gasteiger partial charge in [-0.2, -0.15) is 15.0 Å². The summed E-state index contributed by atoms with van der Waals surface area (Å²) in [6.45, 7) is 1.96. The topological polar surface area (TPSA) is 43.6 Å². The van der Waals surface area contributed by atoms with Gasteiger partial charge in [0.05, 0.1) is 6.20 Å². The van der Waals surface area contributed by atoms with Crippen LogP contribution >= 0.6 is 0 Å². The minimum absolute atomic E-state index is 0.856. The minimum Gasteiger partial charge on any atom is -0.261 e. The fraction of sp³-hybridized carbons (Fsp3) is 0.222. The molecule has 0 bridgehead atoms. The standard InChI is InChI=1S/C9H10N4/c1-7-3-4-8(5-10-7)9-6-11-13(2)12-9/h3-6H,1-2H3. The molecule has 0 unspecified atom stereocenters. The third-order valence-corrected chi connectivity index (χ3v) is 1.81. The van der Waals surface area contributed by atoms with E-state index in [0.29, 0.717) is 0 Å². The van der Waals surface area contributed by atoms with Crippen LogP contribution in [0.4, 0.5) is 0 Å². The molecule has 0 saturated carbocycles. The summed E-state index contributed by atoms with van der Waals surface area (Å²) in [5.74, 6) is 0. The molecule has 2 heterocycles. The quantitative estimate of drug-likeness (QED) is 0.652. The Labute approximate surface area is 76.2 Å². The van der Waals surface area contributed by atoms with Crippen molar-refractivity contribution in [3.63, 3.8) is 0 Å². The van der Waals surface area contributed by atoms with E-state index >= 15 is 0 Å². The van der Waals surface area contributed by atoms with Gasteiger partial charge in [-0.05, 0) is 19.1 Å². The molecule has 66 valence electrons. The Hall–Kier alpha value is -1.71. The van der Waals surface area contributed by atoms with Crippen LogP contribution in [-0.4, -0.2) is 20.0 Å². The van der Waals surface area contributed by atoms with Gasteiger partial charge in [0.1, 0.15) is 5.69 Å². The maximum atomic E-state index is 4.19. The second-order valence-electron chi connectivity index (χ2n) is 2.91. The molecular weight excluding hydrogens is 164 g/mol. The Balaban J connectivity index is 2.41. The highest BCUT2D eigenvalue weighted by Gasteiger charge is 2.00. The Kier molecular flexibility index (Phi) is 1.81. The summed E-state index contributed by atoms with van der Waals surface area (Å²) in [5, 5.41) is 8.17. The summed E-state index contributed by atoms with van der Waals surface area (Å²) in [6, 6.07) is 3.95. The second-order valence-corrected chi connectivity index (χ2v) is 2.91. The molecule has 4 nitrogen and oxygen atoms in total. The van der Waals surface area contributed by atoms with Crippen LogP contribution in [0.5, 0.6) is 0 Å². The van der Waals surface area contributed by atoms with Crippen LogP contribution in [0.15, 0.2) is 24.5 Å². The summed E-state index contributed by atoms with van der Waals surface area (Å²) < 4.78 is 0. The van der Waals surface area contributed by atoms with Gasteiger partial charge >= 0.3 is 0 Å². The summed E-state index contributed by atoms with van der Waals surface area (Å²) >= 11 is 0. The summed E-state index contributed by atoms with van der Waals surface area (Å²) in [7, 11) is 1.80. The Morgan fingerprint density at radius 3 is 2.62 bits per heavy atom. The Morgan fingerprint density at radius 2 is 2.08 bits per heavy atom. The molecular formula is C9H10N4. The van der Waals surface area contributed by atoms with Crippen molar-refractivity contribution in [2.45, 2.75) is 6.92 Å². The molecule has 2 aromatic heterocycles. The fourth-order valence-corrected chi connectivity index (χ4v) is 1.10. The summed E-state index contributed by atoms with van der Waals surface area (Å²) in [4.78, 5) is 5.72. The van der Waals surface area contributed by atoms with Crippen LogP contribution in [0, 0.1) is 6.92 Å². The van der Waals surface area contributed by atoms with E-state index in [1.54, 1.807) is 19.4 Å². The predicted molar refractivity (Wildman–Crippen MR) is 49.0 cm³/mol. The van der Waals surface area contributed by atoms with Crippen molar-refractivity contribution in [1.82, 2.24) is 20.0 Å². The van der Waals surface area contributed by atoms with Gasteiger partial charge in [-0.3, -0.25) is 4.98 Å². The van der Waals surface area contributed by atoms with Gasteiger partial charge in [-0.25, -0.2) is 0 Å². The Morgan fingerprint density at radius 1 is 1.23 bits per heavy atom. The molecule has 4 heteroatoms. The molecule has 0 saturated heterocycles. The first-order valence-electron chi connectivity index (χ1n) is 4.05. The van der Waals surface area contributed by atoms with E-state index in [2.05, 4.69) is 15.2 Å². The first-order valence-corrected chi connectivity index (χ1v) is 4.05. The highest BCUT2D eigenvalue weighted by atomic mass is 15.4. The molecule has 2 rings (SSSR count). The molecule has 0 aliphatic heterocycles. The lowest BCUT2D eigenvalue weighted by Gasteiger charge is -1.94. The van der Waals surface area contributed by atoms with E-state index in [4.69, 9.17) is 0 Å². The SMILES string of the molecule is Cc1ccc(-c2cnn(C)n2)cn1. The van der Waals surface area contributed by atoms with Crippen molar-refractivity contribution in [3.8, 4) is 11.3 Å². The van der Waals surface area contributed by atoms with Gasteiger partial charge in [-0.15, -0.1) is 0 Å². The van der Waals surface area contributed by atoms with E-state index in [-0.39, 0.29) is 0 Å². The maximum Gasteiger partial charge on any atom is 0.114 e. The molecule has 13 heavy (non-hydrogen) atoms. The van der Waals surface area contributed by atoms with Gasteiger partial charge in [0.2, 0.25) is 0 Å². The molecule has 0 radical (unpaired) electrons. The van der Waals surface area contributed by atoms with Crippen molar-refractivity contribution in [2.75, 3.05) is 0 Å². The first kappa shape index (κ1) is 7.91. The van der Waals surface area contributed by atoms with Gasteiger partial charge < -0.3 is 0 Å². The number of nitrogens with zero attached hydrogens (tertiary/aromatic N) is 4. The summed E-state index contributed by atoms with van der Waals surface area (Å²) in [6.07, 6.45) is 3.53. The number of rotatable bonds is 1. The fourth-order valence-electron chi connectivity index (χ4n) is 1.10. The van der Waals surface area contributed by atoms with E-state index < -0.39 is 0 Å². The smallest absolute Gasteiger partial charge is 0.114 e. The van der Waals surface area contributed by atoms with Crippen molar-refractivity contribution in [3.05, 3.63) is 30.2 Å². The molecule has 0 atom stereocenters. The zero-order valence-electron chi connectivity index (χ0n) is 7.60. The molecule has 0 N–H and O–H groups in total. The van der Waals surface area contributed by atoms with Crippen LogP contribution in [-0.2, 0) is 7.05 Å². The average Bonchev–Trinajstić information content (AvgIpc) is 2.53. The molecule has 0 amide bonds. The van der Waals surface area contributed by atoms with Gasteiger partial charge in [-0.1, -0.05) is 0 Å². The third-order valence-electron chi connectivity index (χ3n) is 1.81. The molecule has 0 spiro atoms. The largest absolute Gasteiger partial charge is 0.261 e. The average molecular weight is 174 g/mol. The first-order chi connectivity index (χ1) is 6.25. The monoisotopic (exact) mass is 174 g/mol. The minimum atomic E-state index is 0.856. The van der Waals surface area contributed by atoms with Crippen molar-refractivity contribution >= 4 is 0 Å². The van der Waals surface area contributed by atoms with Gasteiger partial charge in [0, 0.05) is 24.5 Å². The van der Waals surface area contributed by atoms with E-state index in [1.165, 1.54) is 4.80 Å². The van der Waals surface area contributed by atoms with E-state index in [9.17, 15) is 0 Å². The molecule has 0 aromatic carbocycles. The predicted octanol–water partition coefficient (Wildman–Crippen LogP) is 1.19. The van der Waals surface area contributed by atoms with Crippen LogP contribution in [0.25, 0.3) is 11.3 Å². The van der Waals surface area contributed by atoms with Crippen molar-refractivity contribution in [2.24, 2.45) is 7.05 Å². The van der Waals surface area contributed by atoms with E-state index in [1.807, 2.05) is 19.1 Å². The van der Waals surface area contributed by atoms with Gasteiger partial charge in [0.25, 0.3) is 0 Å².